The molecule has 1 aromatic carbocycles. The summed E-state index contributed by atoms with van der Waals surface area (Å²) in [4.78, 5) is 1.24. The van der Waals surface area contributed by atoms with Crippen molar-refractivity contribution >= 4 is 21.4 Å². The fourth-order valence-electron chi connectivity index (χ4n) is 1.92. The van der Waals surface area contributed by atoms with E-state index in [9.17, 15) is 0 Å². The quantitative estimate of drug-likeness (QED) is 0.887. The number of ether oxygens (including phenoxy) is 1. The molecule has 1 heterocycles. The highest BCUT2D eigenvalue weighted by Crippen LogP contribution is 2.33. The molecule has 0 spiro atoms. The molecule has 0 aliphatic rings. The van der Waals surface area contributed by atoms with Crippen LogP contribution in [-0.2, 0) is 17.9 Å². The van der Waals surface area contributed by atoms with Gasteiger partial charge in [0.15, 0.2) is 0 Å². The SMILES string of the molecule is COCc1c(CN)sc2cc(C)c(C)cc12. The van der Waals surface area contributed by atoms with E-state index < -0.39 is 0 Å². The topological polar surface area (TPSA) is 35.2 Å². The van der Waals surface area contributed by atoms with Gasteiger partial charge in [-0.05, 0) is 42.5 Å². The molecule has 0 aliphatic heterocycles. The molecule has 0 atom stereocenters. The molecule has 3 heteroatoms. The van der Waals surface area contributed by atoms with Crippen molar-refractivity contribution in [1.82, 2.24) is 0 Å². The highest BCUT2D eigenvalue weighted by atomic mass is 32.1. The lowest BCUT2D eigenvalue weighted by Gasteiger charge is -2.03. The van der Waals surface area contributed by atoms with Crippen LogP contribution in [0.1, 0.15) is 21.6 Å². The van der Waals surface area contributed by atoms with E-state index >= 15 is 0 Å². The number of hydrogen-bond acceptors (Lipinski definition) is 3. The summed E-state index contributed by atoms with van der Waals surface area (Å²) in [6, 6.07) is 4.49. The van der Waals surface area contributed by atoms with Crippen molar-refractivity contribution in [2.24, 2.45) is 5.73 Å². The Morgan fingerprint density at radius 3 is 2.56 bits per heavy atom. The number of nitrogens with two attached hydrogens (primary N) is 1. The van der Waals surface area contributed by atoms with Crippen molar-refractivity contribution in [3.63, 3.8) is 0 Å². The van der Waals surface area contributed by atoms with E-state index in [1.807, 2.05) is 0 Å². The first-order valence-electron chi connectivity index (χ1n) is 5.38. The average Bonchev–Trinajstić information content (AvgIpc) is 2.58. The number of thiophene rings is 1. The van der Waals surface area contributed by atoms with Gasteiger partial charge >= 0.3 is 0 Å². The Kier molecular flexibility index (Phi) is 3.28. The first kappa shape index (κ1) is 11.6. The minimum absolute atomic E-state index is 0.593. The maximum atomic E-state index is 5.78. The highest BCUT2D eigenvalue weighted by molar-refractivity contribution is 7.19. The number of aryl methyl sites for hydroxylation is 2. The molecule has 16 heavy (non-hydrogen) atoms. The van der Waals surface area contributed by atoms with Crippen molar-refractivity contribution < 1.29 is 4.74 Å². The Labute approximate surface area is 100 Å². The Morgan fingerprint density at radius 2 is 1.94 bits per heavy atom. The monoisotopic (exact) mass is 235 g/mol. The van der Waals surface area contributed by atoms with Gasteiger partial charge in [-0.15, -0.1) is 11.3 Å². The maximum Gasteiger partial charge on any atom is 0.0730 e. The molecule has 0 saturated carbocycles. The Balaban J connectivity index is 2.69. The summed E-state index contributed by atoms with van der Waals surface area (Å²) in [5, 5.41) is 1.30. The van der Waals surface area contributed by atoms with E-state index in [0.717, 1.165) is 0 Å². The van der Waals surface area contributed by atoms with Gasteiger partial charge in [0.1, 0.15) is 0 Å². The van der Waals surface area contributed by atoms with Crippen molar-refractivity contribution in [2.75, 3.05) is 7.11 Å². The van der Waals surface area contributed by atoms with Gasteiger partial charge in [-0.2, -0.15) is 0 Å². The Morgan fingerprint density at radius 1 is 1.25 bits per heavy atom. The summed E-state index contributed by atoms with van der Waals surface area (Å²) >= 11 is 1.78. The normalized spacial score (nSPS) is 11.2. The van der Waals surface area contributed by atoms with E-state index in [4.69, 9.17) is 10.5 Å². The van der Waals surface area contributed by atoms with Gasteiger partial charge in [-0.3, -0.25) is 0 Å². The largest absolute Gasteiger partial charge is 0.380 e. The predicted octanol–water partition coefficient (Wildman–Crippen LogP) is 3.12. The Bertz CT molecular complexity index is 516. The van der Waals surface area contributed by atoms with Crippen LogP contribution in [0.2, 0.25) is 0 Å². The van der Waals surface area contributed by atoms with Crippen molar-refractivity contribution in [2.45, 2.75) is 27.0 Å². The molecule has 2 N–H and O–H groups in total. The second-order valence-electron chi connectivity index (χ2n) is 4.07. The minimum atomic E-state index is 0.593. The molecule has 1 aromatic heterocycles. The van der Waals surface area contributed by atoms with Crippen LogP contribution in [0, 0.1) is 13.8 Å². The zero-order valence-electron chi connectivity index (χ0n) is 9.96. The average molecular weight is 235 g/mol. The second kappa shape index (κ2) is 4.53. The summed E-state index contributed by atoms with van der Waals surface area (Å²) in [5.74, 6) is 0. The first-order chi connectivity index (χ1) is 7.67. The zero-order chi connectivity index (χ0) is 11.7. The van der Waals surface area contributed by atoms with Crippen LogP contribution in [0.15, 0.2) is 12.1 Å². The summed E-state index contributed by atoms with van der Waals surface area (Å²) in [6.07, 6.45) is 0. The van der Waals surface area contributed by atoms with Crippen molar-refractivity contribution in [3.05, 3.63) is 33.7 Å². The van der Waals surface area contributed by atoms with Gasteiger partial charge in [-0.25, -0.2) is 0 Å². The fourth-order valence-corrected chi connectivity index (χ4v) is 3.09. The van der Waals surface area contributed by atoms with Gasteiger partial charge in [0.05, 0.1) is 6.61 Å². The van der Waals surface area contributed by atoms with Gasteiger partial charge in [0.2, 0.25) is 0 Å². The lowest BCUT2D eigenvalue weighted by molar-refractivity contribution is 0.185. The number of benzene rings is 1. The second-order valence-corrected chi connectivity index (χ2v) is 5.21. The molecule has 0 saturated heterocycles. The molecular weight excluding hydrogens is 218 g/mol. The van der Waals surface area contributed by atoms with Crippen LogP contribution < -0.4 is 5.73 Å². The van der Waals surface area contributed by atoms with E-state index in [1.165, 1.54) is 31.7 Å². The number of rotatable bonds is 3. The van der Waals surface area contributed by atoms with E-state index in [0.29, 0.717) is 13.2 Å². The van der Waals surface area contributed by atoms with E-state index in [-0.39, 0.29) is 0 Å². The molecule has 0 aliphatic carbocycles. The van der Waals surface area contributed by atoms with Crippen LogP contribution in [-0.4, -0.2) is 7.11 Å². The summed E-state index contributed by atoms with van der Waals surface area (Å²) < 4.78 is 6.57. The fraction of sp³-hybridized carbons (Fsp3) is 0.385. The molecule has 0 fully saturated rings. The van der Waals surface area contributed by atoms with Crippen LogP contribution in [0.5, 0.6) is 0 Å². The third-order valence-electron chi connectivity index (χ3n) is 2.96. The molecule has 0 bridgehead atoms. The maximum absolute atomic E-state index is 5.78. The molecule has 86 valence electrons. The molecule has 2 nitrogen and oxygen atoms in total. The van der Waals surface area contributed by atoms with Gasteiger partial charge in [0.25, 0.3) is 0 Å². The van der Waals surface area contributed by atoms with Crippen LogP contribution in [0.4, 0.5) is 0 Å². The van der Waals surface area contributed by atoms with Crippen molar-refractivity contribution in [3.8, 4) is 0 Å². The molecule has 2 rings (SSSR count). The molecule has 2 aromatic rings. The van der Waals surface area contributed by atoms with Crippen LogP contribution >= 0.6 is 11.3 Å². The molecule has 0 radical (unpaired) electrons. The molecule has 0 amide bonds. The summed E-state index contributed by atoms with van der Waals surface area (Å²) in [5.41, 5.74) is 9.69. The Hall–Kier alpha value is -0.900. The lowest BCUT2D eigenvalue weighted by Crippen LogP contribution is -1.98. The van der Waals surface area contributed by atoms with Crippen LogP contribution in [0.3, 0.4) is 0 Å². The minimum Gasteiger partial charge on any atom is -0.380 e. The smallest absolute Gasteiger partial charge is 0.0730 e. The summed E-state index contributed by atoms with van der Waals surface area (Å²) in [6.45, 7) is 5.53. The van der Waals surface area contributed by atoms with Gasteiger partial charge < -0.3 is 10.5 Å². The zero-order valence-corrected chi connectivity index (χ0v) is 10.8. The third-order valence-corrected chi connectivity index (χ3v) is 4.18. The summed E-state index contributed by atoms with van der Waals surface area (Å²) in [7, 11) is 1.73. The number of methoxy groups -OCH3 is 1. The first-order valence-corrected chi connectivity index (χ1v) is 6.19. The predicted molar refractivity (Wildman–Crippen MR) is 69.9 cm³/mol. The van der Waals surface area contributed by atoms with Crippen molar-refractivity contribution in [1.29, 1.82) is 0 Å². The standard InChI is InChI=1S/C13H17NOS/c1-8-4-10-11(7-15-3)13(6-14)16-12(10)5-9(8)2/h4-5H,6-7,14H2,1-3H3. The lowest BCUT2D eigenvalue weighted by atomic mass is 10.0. The number of fused-ring (bicyclic) bond motifs is 1. The molecular formula is C13H17NOS. The third kappa shape index (κ3) is 1.86. The highest BCUT2D eigenvalue weighted by Gasteiger charge is 2.11. The van der Waals surface area contributed by atoms with Crippen LogP contribution in [0.25, 0.3) is 10.1 Å². The van der Waals surface area contributed by atoms with E-state index in [2.05, 4.69) is 26.0 Å². The van der Waals surface area contributed by atoms with E-state index in [1.54, 1.807) is 18.4 Å². The van der Waals surface area contributed by atoms with Gasteiger partial charge in [-0.1, -0.05) is 0 Å². The molecule has 0 unspecified atom stereocenters. The van der Waals surface area contributed by atoms with Gasteiger partial charge in [0, 0.05) is 28.8 Å². The number of hydrogen-bond donors (Lipinski definition) is 1.